The van der Waals surface area contributed by atoms with Gasteiger partial charge in [-0.05, 0) is 25.3 Å². The van der Waals surface area contributed by atoms with Gasteiger partial charge in [0.1, 0.15) is 6.10 Å². The molecule has 2 atom stereocenters. The maximum absolute atomic E-state index is 5.98. The Balaban J connectivity index is 1.98. The summed E-state index contributed by atoms with van der Waals surface area (Å²) in [5.74, 6) is 0.613. The Morgan fingerprint density at radius 1 is 1.33 bits per heavy atom. The summed E-state index contributed by atoms with van der Waals surface area (Å²) in [6.07, 6.45) is 6.14. The molecule has 0 saturated heterocycles. The predicted octanol–water partition coefficient (Wildman–Crippen LogP) is 2.38. The van der Waals surface area contributed by atoms with Gasteiger partial charge in [0.05, 0.1) is 5.02 Å². The third kappa shape index (κ3) is 2.83. The SMILES string of the molecule is N[C@@H]1CCCC[C@H]1Oc1ccc(Cl)cn1. The molecule has 1 aromatic heterocycles. The average molecular weight is 227 g/mol. The molecule has 2 N–H and O–H groups in total. The van der Waals surface area contributed by atoms with Crippen molar-refractivity contribution in [3.63, 3.8) is 0 Å². The van der Waals surface area contributed by atoms with Gasteiger partial charge >= 0.3 is 0 Å². The molecule has 1 aliphatic carbocycles. The van der Waals surface area contributed by atoms with Crippen molar-refractivity contribution < 1.29 is 4.74 Å². The molecule has 1 aromatic rings. The Labute approximate surface area is 94.6 Å². The first-order chi connectivity index (χ1) is 7.25. The molecular weight excluding hydrogens is 212 g/mol. The molecule has 0 aromatic carbocycles. The van der Waals surface area contributed by atoms with E-state index >= 15 is 0 Å². The summed E-state index contributed by atoms with van der Waals surface area (Å²) < 4.78 is 5.73. The fourth-order valence-corrected chi connectivity index (χ4v) is 1.97. The Morgan fingerprint density at radius 3 is 2.80 bits per heavy atom. The highest BCUT2D eigenvalue weighted by atomic mass is 35.5. The molecule has 0 bridgehead atoms. The van der Waals surface area contributed by atoms with Crippen molar-refractivity contribution in [2.24, 2.45) is 5.73 Å². The standard InChI is InChI=1S/C11H15ClN2O/c12-8-5-6-11(14-7-8)15-10-4-2-1-3-9(10)13/h5-7,9-10H,1-4,13H2/t9-,10-/m1/s1. The molecule has 3 nitrogen and oxygen atoms in total. The number of nitrogens with zero attached hydrogens (tertiary/aromatic N) is 1. The van der Waals surface area contributed by atoms with E-state index < -0.39 is 0 Å². The minimum absolute atomic E-state index is 0.104. The summed E-state index contributed by atoms with van der Waals surface area (Å²) in [7, 11) is 0. The summed E-state index contributed by atoms with van der Waals surface area (Å²) in [4.78, 5) is 4.10. The highest BCUT2D eigenvalue weighted by molar-refractivity contribution is 6.30. The van der Waals surface area contributed by atoms with Crippen molar-refractivity contribution in [2.45, 2.75) is 37.8 Å². The molecule has 0 unspecified atom stereocenters. The molecule has 82 valence electrons. The minimum Gasteiger partial charge on any atom is -0.473 e. The van der Waals surface area contributed by atoms with Crippen LogP contribution < -0.4 is 10.5 Å². The lowest BCUT2D eigenvalue weighted by atomic mass is 9.93. The van der Waals surface area contributed by atoms with Crippen molar-refractivity contribution in [3.8, 4) is 5.88 Å². The lowest BCUT2D eigenvalue weighted by molar-refractivity contribution is 0.127. The van der Waals surface area contributed by atoms with Gasteiger partial charge in [0.25, 0.3) is 0 Å². The van der Waals surface area contributed by atoms with Gasteiger partial charge in [-0.15, -0.1) is 0 Å². The monoisotopic (exact) mass is 226 g/mol. The van der Waals surface area contributed by atoms with E-state index in [-0.39, 0.29) is 12.1 Å². The van der Waals surface area contributed by atoms with E-state index in [9.17, 15) is 0 Å². The second kappa shape index (κ2) is 4.81. The molecule has 4 heteroatoms. The van der Waals surface area contributed by atoms with E-state index in [1.807, 2.05) is 0 Å². The van der Waals surface area contributed by atoms with Gasteiger partial charge in [-0.3, -0.25) is 0 Å². The topological polar surface area (TPSA) is 48.1 Å². The van der Waals surface area contributed by atoms with Crippen LogP contribution in [0, 0.1) is 0 Å². The molecule has 0 aliphatic heterocycles. The Bertz CT molecular complexity index is 315. The van der Waals surface area contributed by atoms with Gasteiger partial charge in [0.15, 0.2) is 0 Å². The van der Waals surface area contributed by atoms with Gasteiger partial charge in [-0.1, -0.05) is 18.0 Å². The second-order valence-corrected chi connectivity index (χ2v) is 4.36. The van der Waals surface area contributed by atoms with Gasteiger partial charge in [-0.2, -0.15) is 0 Å². The number of ether oxygens (including phenoxy) is 1. The van der Waals surface area contributed by atoms with Gasteiger partial charge < -0.3 is 10.5 Å². The molecule has 0 amide bonds. The first-order valence-electron chi connectivity index (χ1n) is 5.29. The van der Waals surface area contributed by atoms with Crippen molar-refractivity contribution in [2.75, 3.05) is 0 Å². The van der Waals surface area contributed by atoms with Gasteiger partial charge in [0, 0.05) is 18.3 Å². The maximum Gasteiger partial charge on any atom is 0.213 e. The summed E-state index contributed by atoms with van der Waals surface area (Å²) in [5, 5.41) is 0.621. The van der Waals surface area contributed by atoms with Crippen molar-refractivity contribution in [1.29, 1.82) is 0 Å². The van der Waals surface area contributed by atoms with Crippen LogP contribution in [0.1, 0.15) is 25.7 Å². The zero-order valence-electron chi connectivity index (χ0n) is 8.53. The lowest BCUT2D eigenvalue weighted by Gasteiger charge is -2.28. The summed E-state index contributed by atoms with van der Waals surface area (Å²) in [5.41, 5.74) is 5.98. The maximum atomic E-state index is 5.98. The Hall–Kier alpha value is -0.800. The van der Waals surface area contributed by atoms with Crippen LogP contribution in [-0.4, -0.2) is 17.1 Å². The first-order valence-corrected chi connectivity index (χ1v) is 5.67. The van der Waals surface area contributed by atoms with Crippen molar-refractivity contribution in [3.05, 3.63) is 23.4 Å². The molecule has 1 saturated carbocycles. The summed E-state index contributed by atoms with van der Waals surface area (Å²) in [6.45, 7) is 0. The van der Waals surface area contributed by atoms with E-state index in [0.717, 1.165) is 12.8 Å². The number of hydrogen-bond acceptors (Lipinski definition) is 3. The first kappa shape index (κ1) is 10.7. The zero-order valence-corrected chi connectivity index (χ0v) is 9.28. The molecular formula is C11H15ClN2O. The van der Waals surface area contributed by atoms with Crippen LogP contribution in [0.4, 0.5) is 0 Å². The van der Waals surface area contributed by atoms with E-state index in [2.05, 4.69) is 4.98 Å². The van der Waals surface area contributed by atoms with Gasteiger partial charge in [-0.25, -0.2) is 4.98 Å². The number of nitrogens with two attached hydrogens (primary N) is 1. The average Bonchev–Trinajstić information content (AvgIpc) is 2.25. The highest BCUT2D eigenvalue weighted by Gasteiger charge is 2.23. The molecule has 0 spiro atoms. The second-order valence-electron chi connectivity index (χ2n) is 3.92. The van der Waals surface area contributed by atoms with Crippen LogP contribution in [0.3, 0.4) is 0 Å². The van der Waals surface area contributed by atoms with E-state index in [0.29, 0.717) is 10.9 Å². The quantitative estimate of drug-likeness (QED) is 0.843. The summed E-state index contributed by atoms with van der Waals surface area (Å²) >= 11 is 5.74. The third-order valence-electron chi connectivity index (χ3n) is 2.73. The van der Waals surface area contributed by atoms with Gasteiger partial charge in [0.2, 0.25) is 5.88 Å². The van der Waals surface area contributed by atoms with Crippen LogP contribution in [0.15, 0.2) is 18.3 Å². The number of rotatable bonds is 2. The molecule has 0 radical (unpaired) electrons. The number of pyridine rings is 1. The van der Waals surface area contributed by atoms with Crippen molar-refractivity contribution >= 4 is 11.6 Å². The highest BCUT2D eigenvalue weighted by Crippen LogP contribution is 2.22. The molecule has 2 rings (SSSR count). The smallest absolute Gasteiger partial charge is 0.213 e. The Morgan fingerprint density at radius 2 is 2.13 bits per heavy atom. The zero-order chi connectivity index (χ0) is 10.7. The third-order valence-corrected chi connectivity index (χ3v) is 2.95. The molecule has 1 heterocycles. The fraction of sp³-hybridized carbons (Fsp3) is 0.545. The van der Waals surface area contributed by atoms with Crippen LogP contribution in [0.2, 0.25) is 5.02 Å². The van der Waals surface area contributed by atoms with Crippen LogP contribution in [0.25, 0.3) is 0 Å². The van der Waals surface area contributed by atoms with Crippen LogP contribution in [0.5, 0.6) is 5.88 Å². The van der Waals surface area contributed by atoms with E-state index in [1.54, 1.807) is 18.3 Å². The lowest BCUT2D eigenvalue weighted by Crippen LogP contribution is -2.41. The largest absolute Gasteiger partial charge is 0.473 e. The van der Waals surface area contributed by atoms with E-state index in [4.69, 9.17) is 22.1 Å². The Kier molecular flexibility index (Phi) is 3.44. The van der Waals surface area contributed by atoms with Crippen LogP contribution in [-0.2, 0) is 0 Å². The summed E-state index contributed by atoms with van der Waals surface area (Å²) in [6, 6.07) is 3.69. The number of halogens is 1. The minimum atomic E-state index is 0.104. The molecule has 15 heavy (non-hydrogen) atoms. The fourth-order valence-electron chi connectivity index (χ4n) is 1.86. The van der Waals surface area contributed by atoms with Crippen molar-refractivity contribution in [1.82, 2.24) is 4.98 Å². The van der Waals surface area contributed by atoms with E-state index in [1.165, 1.54) is 12.8 Å². The number of hydrogen-bond donors (Lipinski definition) is 1. The predicted molar refractivity (Wildman–Crippen MR) is 60.1 cm³/mol. The van der Waals surface area contributed by atoms with Crippen LogP contribution >= 0.6 is 11.6 Å². The number of aromatic nitrogens is 1. The molecule has 1 fully saturated rings. The normalized spacial score (nSPS) is 26.3. The molecule has 1 aliphatic rings.